The van der Waals surface area contributed by atoms with Gasteiger partial charge in [0.1, 0.15) is 11.9 Å². The smallest absolute Gasteiger partial charge is 0.304 e. The number of amides is 1. The third-order valence-corrected chi connectivity index (χ3v) is 8.22. The van der Waals surface area contributed by atoms with E-state index in [1.165, 1.54) is 11.3 Å². The van der Waals surface area contributed by atoms with Crippen LogP contribution in [-0.4, -0.2) is 41.0 Å². The minimum absolute atomic E-state index is 0.0377. The third kappa shape index (κ3) is 6.07. The van der Waals surface area contributed by atoms with Crippen LogP contribution in [0.1, 0.15) is 57.6 Å². The number of aliphatic carboxylic acids is 1. The summed E-state index contributed by atoms with van der Waals surface area (Å²) in [4.78, 5) is 25.5. The minimum Gasteiger partial charge on any atom is -0.488 e. The summed E-state index contributed by atoms with van der Waals surface area (Å²) in [6.07, 6.45) is 0.976. The van der Waals surface area contributed by atoms with Crippen molar-refractivity contribution in [2.45, 2.75) is 50.2 Å². The van der Waals surface area contributed by atoms with Crippen molar-refractivity contribution < 1.29 is 19.4 Å². The number of fused-ring (bicyclic) bond motifs is 1. The van der Waals surface area contributed by atoms with Gasteiger partial charge in [0.25, 0.3) is 5.91 Å². The summed E-state index contributed by atoms with van der Waals surface area (Å²) in [6.45, 7) is 5.73. The monoisotopic (exact) mass is 510 g/mol. The first kappa shape index (κ1) is 25.3. The number of para-hydroxylation sites is 1. The van der Waals surface area contributed by atoms with Gasteiger partial charge in [-0.3, -0.25) is 9.59 Å². The second-order valence-corrected chi connectivity index (χ2v) is 10.7. The SMILES string of the molecule is CC[C@@H]1CN(Cc2cc(C(CC(=O)O)c3csc(C(=O)NC)c3)ccc2C)Sc2ccccc2O1. The van der Waals surface area contributed by atoms with Crippen molar-refractivity contribution in [2.75, 3.05) is 13.6 Å². The Morgan fingerprint density at radius 2 is 2.00 bits per heavy atom. The highest BCUT2D eigenvalue weighted by Gasteiger charge is 2.25. The van der Waals surface area contributed by atoms with Gasteiger partial charge in [-0.25, -0.2) is 4.31 Å². The van der Waals surface area contributed by atoms with Crippen LogP contribution in [0.4, 0.5) is 0 Å². The van der Waals surface area contributed by atoms with E-state index in [4.69, 9.17) is 4.74 Å². The number of carbonyl (C=O) groups excluding carboxylic acids is 1. The first-order valence-corrected chi connectivity index (χ1v) is 13.3. The lowest BCUT2D eigenvalue weighted by Crippen LogP contribution is -2.29. The molecule has 35 heavy (non-hydrogen) atoms. The first-order chi connectivity index (χ1) is 16.9. The number of hydrogen-bond donors (Lipinski definition) is 2. The summed E-state index contributed by atoms with van der Waals surface area (Å²) in [5.41, 5.74) is 4.11. The van der Waals surface area contributed by atoms with Crippen molar-refractivity contribution in [3.63, 3.8) is 0 Å². The van der Waals surface area contributed by atoms with Crippen molar-refractivity contribution >= 4 is 35.2 Å². The summed E-state index contributed by atoms with van der Waals surface area (Å²) < 4.78 is 8.57. The zero-order valence-corrected chi connectivity index (χ0v) is 21.7. The molecule has 2 aromatic carbocycles. The van der Waals surface area contributed by atoms with E-state index in [2.05, 4.69) is 41.7 Å². The molecule has 4 rings (SSSR count). The summed E-state index contributed by atoms with van der Waals surface area (Å²) in [6, 6.07) is 16.1. The summed E-state index contributed by atoms with van der Waals surface area (Å²) >= 11 is 3.04. The topological polar surface area (TPSA) is 78.9 Å². The number of carboxylic acids is 1. The van der Waals surface area contributed by atoms with Gasteiger partial charge >= 0.3 is 5.97 Å². The number of aryl methyl sites for hydroxylation is 1. The molecule has 0 radical (unpaired) electrons. The molecule has 1 amide bonds. The number of rotatable bonds is 8. The van der Waals surface area contributed by atoms with Crippen molar-refractivity contribution in [3.8, 4) is 5.75 Å². The number of carbonyl (C=O) groups is 2. The highest BCUT2D eigenvalue weighted by molar-refractivity contribution is 7.97. The van der Waals surface area contributed by atoms with Gasteiger partial charge in [0.05, 0.1) is 16.2 Å². The predicted octanol–water partition coefficient (Wildman–Crippen LogP) is 5.70. The number of hydrogen-bond acceptors (Lipinski definition) is 6. The van der Waals surface area contributed by atoms with E-state index in [9.17, 15) is 14.7 Å². The summed E-state index contributed by atoms with van der Waals surface area (Å²) in [7, 11) is 1.59. The Kier molecular flexibility index (Phi) is 8.15. The van der Waals surface area contributed by atoms with Crippen LogP contribution in [-0.2, 0) is 11.3 Å². The molecule has 0 bridgehead atoms. The van der Waals surface area contributed by atoms with Gasteiger partial charge in [-0.05, 0) is 71.1 Å². The van der Waals surface area contributed by atoms with Crippen LogP contribution in [0.3, 0.4) is 0 Å². The Hall–Kier alpha value is -2.81. The van der Waals surface area contributed by atoms with Crippen LogP contribution in [0, 0.1) is 6.92 Å². The van der Waals surface area contributed by atoms with E-state index < -0.39 is 5.97 Å². The average molecular weight is 511 g/mol. The van der Waals surface area contributed by atoms with Crippen LogP contribution in [0.25, 0.3) is 0 Å². The highest BCUT2D eigenvalue weighted by Crippen LogP contribution is 2.38. The van der Waals surface area contributed by atoms with E-state index in [-0.39, 0.29) is 24.3 Å². The van der Waals surface area contributed by atoms with Gasteiger partial charge in [-0.15, -0.1) is 11.3 Å². The molecular weight excluding hydrogens is 480 g/mol. The number of ether oxygens (including phenoxy) is 1. The van der Waals surface area contributed by atoms with Gasteiger partial charge in [0.15, 0.2) is 0 Å². The maximum Gasteiger partial charge on any atom is 0.304 e. The molecule has 0 aliphatic carbocycles. The number of nitrogens with one attached hydrogen (secondary N) is 1. The predicted molar refractivity (Wildman–Crippen MR) is 140 cm³/mol. The van der Waals surface area contributed by atoms with Gasteiger partial charge < -0.3 is 15.2 Å². The number of carboxylic acid groups (broad SMARTS) is 1. The van der Waals surface area contributed by atoms with Crippen molar-refractivity contribution in [1.82, 2.24) is 9.62 Å². The van der Waals surface area contributed by atoms with E-state index in [1.807, 2.05) is 29.6 Å². The molecule has 184 valence electrons. The van der Waals surface area contributed by atoms with Gasteiger partial charge in [0.2, 0.25) is 0 Å². The third-order valence-electron chi connectivity index (χ3n) is 6.21. The van der Waals surface area contributed by atoms with Crippen LogP contribution in [0.2, 0.25) is 0 Å². The van der Waals surface area contributed by atoms with Crippen molar-refractivity contribution in [3.05, 3.63) is 81.0 Å². The molecule has 8 heteroatoms. The fourth-order valence-corrected chi connectivity index (χ4v) is 6.18. The zero-order valence-electron chi connectivity index (χ0n) is 20.1. The van der Waals surface area contributed by atoms with Crippen molar-refractivity contribution in [2.24, 2.45) is 0 Å². The molecule has 2 heterocycles. The second-order valence-electron chi connectivity index (χ2n) is 8.67. The molecule has 6 nitrogen and oxygen atoms in total. The zero-order chi connectivity index (χ0) is 24.9. The van der Waals surface area contributed by atoms with E-state index in [0.717, 1.165) is 45.9 Å². The maximum absolute atomic E-state index is 12.1. The Morgan fingerprint density at radius 3 is 2.74 bits per heavy atom. The number of nitrogens with zero attached hydrogens (tertiary/aromatic N) is 1. The normalized spacial score (nSPS) is 16.6. The molecule has 2 atom stereocenters. The van der Waals surface area contributed by atoms with E-state index in [1.54, 1.807) is 25.1 Å². The molecule has 0 saturated carbocycles. The highest BCUT2D eigenvalue weighted by atomic mass is 32.2. The van der Waals surface area contributed by atoms with E-state index >= 15 is 0 Å². The fraction of sp³-hybridized carbons (Fsp3) is 0.333. The lowest BCUT2D eigenvalue weighted by atomic mass is 9.88. The van der Waals surface area contributed by atoms with Gasteiger partial charge in [-0.2, -0.15) is 0 Å². The molecule has 2 N–H and O–H groups in total. The molecule has 3 aromatic rings. The van der Waals surface area contributed by atoms with Gasteiger partial charge in [-0.1, -0.05) is 37.3 Å². The molecule has 1 aromatic heterocycles. The molecule has 0 spiro atoms. The number of benzene rings is 2. The van der Waals surface area contributed by atoms with Gasteiger partial charge in [0, 0.05) is 26.1 Å². The maximum atomic E-state index is 12.1. The lowest BCUT2D eigenvalue weighted by Gasteiger charge is -2.24. The minimum atomic E-state index is -0.868. The second kappa shape index (κ2) is 11.3. The number of thiophene rings is 1. The molecule has 1 aliphatic heterocycles. The molecule has 0 fully saturated rings. The summed E-state index contributed by atoms with van der Waals surface area (Å²) in [5.74, 6) is -0.438. The van der Waals surface area contributed by atoms with E-state index in [0.29, 0.717) is 11.4 Å². The Bertz CT molecular complexity index is 1210. The summed E-state index contributed by atoms with van der Waals surface area (Å²) in [5, 5.41) is 14.2. The van der Waals surface area contributed by atoms with Crippen LogP contribution < -0.4 is 10.1 Å². The molecule has 1 unspecified atom stereocenters. The Balaban J connectivity index is 1.63. The fourth-order valence-electron chi connectivity index (χ4n) is 4.20. The molecule has 1 aliphatic rings. The lowest BCUT2D eigenvalue weighted by molar-refractivity contribution is -0.137. The van der Waals surface area contributed by atoms with Crippen LogP contribution >= 0.6 is 23.3 Å². The quantitative estimate of drug-likeness (QED) is 0.378. The molecule has 0 saturated heterocycles. The Labute approximate surface area is 214 Å². The average Bonchev–Trinajstić information content (AvgIpc) is 3.26. The Morgan fingerprint density at radius 1 is 1.20 bits per heavy atom. The standard InChI is InChI=1S/C27H30N2O4S2/c1-4-21-15-29(35-24-8-6-5-7-23(24)33-21)14-19-11-18(10-9-17(19)2)22(13-26(30)31)20-12-25(34-16-20)27(32)28-3/h5-12,16,21-22H,4,13-15H2,1-3H3,(H,28,32)(H,30,31)/t21-,22?/m1/s1. The van der Waals surface area contributed by atoms with Crippen molar-refractivity contribution in [1.29, 1.82) is 0 Å². The largest absolute Gasteiger partial charge is 0.488 e. The van der Waals surface area contributed by atoms with Crippen LogP contribution in [0.15, 0.2) is 58.8 Å². The van der Waals surface area contributed by atoms with Crippen LogP contribution in [0.5, 0.6) is 5.75 Å². The first-order valence-electron chi connectivity index (χ1n) is 11.7. The molecular formula is C27H30N2O4S2.